The minimum Gasteiger partial charge on any atom is -0.494 e. The van der Waals surface area contributed by atoms with Crippen molar-refractivity contribution in [2.45, 2.75) is 45.6 Å². The Morgan fingerprint density at radius 1 is 1.03 bits per heavy atom. The molecule has 0 bridgehead atoms. The molecule has 0 N–H and O–H groups in total. The minimum atomic E-state index is -0.658. The number of aromatic nitrogens is 2. The van der Waals surface area contributed by atoms with E-state index in [1.165, 1.54) is 29.1 Å². The van der Waals surface area contributed by atoms with E-state index in [1.807, 2.05) is 31.2 Å². The van der Waals surface area contributed by atoms with Crippen molar-refractivity contribution < 1.29 is 13.9 Å². The van der Waals surface area contributed by atoms with Gasteiger partial charge in [-0.15, -0.1) is 10.2 Å². The van der Waals surface area contributed by atoms with Crippen molar-refractivity contribution >= 4 is 33.3 Å². The number of hydrogen-bond donors (Lipinski definition) is 0. The number of hydrogen-bond acceptors (Lipinski definition) is 7. The van der Waals surface area contributed by atoms with E-state index < -0.39 is 11.9 Å². The SMILES string of the molecule is CCCCCCOc1ccc([C@@H]2c3c(oc4ccccc4c3=O)C(=O)N2c2nnc(C)s2)cc1. The van der Waals surface area contributed by atoms with Gasteiger partial charge in [0.2, 0.25) is 10.9 Å². The van der Waals surface area contributed by atoms with Gasteiger partial charge in [0.05, 0.1) is 23.6 Å². The zero-order valence-electron chi connectivity index (χ0n) is 19.1. The maximum Gasteiger partial charge on any atom is 0.297 e. The number of unbranched alkanes of at least 4 members (excludes halogenated alkanes) is 3. The third kappa shape index (κ3) is 3.98. The van der Waals surface area contributed by atoms with E-state index >= 15 is 0 Å². The van der Waals surface area contributed by atoms with E-state index in [2.05, 4.69) is 17.1 Å². The summed E-state index contributed by atoms with van der Waals surface area (Å²) in [6.07, 6.45) is 4.55. The van der Waals surface area contributed by atoms with Crippen LogP contribution in [0.3, 0.4) is 0 Å². The molecule has 1 aliphatic heterocycles. The van der Waals surface area contributed by atoms with Gasteiger partial charge in [-0.05, 0) is 43.2 Å². The lowest BCUT2D eigenvalue weighted by atomic mass is 9.98. The monoisotopic (exact) mass is 475 g/mol. The highest BCUT2D eigenvalue weighted by atomic mass is 32.1. The van der Waals surface area contributed by atoms with Crippen molar-refractivity contribution in [3.63, 3.8) is 0 Å². The van der Waals surface area contributed by atoms with Crippen molar-refractivity contribution in [3.8, 4) is 5.75 Å². The van der Waals surface area contributed by atoms with E-state index in [0.29, 0.717) is 28.3 Å². The summed E-state index contributed by atoms with van der Waals surface area (Å²) in [4.78, 5) is 28.5. The summed E-state index contributed by atoms with van der Waals surface area (Å²) in [6.45, 7) is 4.67. The quantitative estimate of drug-likeness (QED) is 0.306. The molecule has 3 heterocycles. The number of benzene rings is 2. The first-order valence-corrected chi connectivity index (χ1v) is 12.3. The van der Waals surface area contributed by atoms with Gasteiger partial charge in [-0.1, -0.05) is 61.8 Å². The van der Waals surface area contributed by atoms with Crippen LogP contribution in [0, 0.1) is 6.92 Å². The number of anilines is 1. The van der Waals surface area contributed by atoms with Gasteiger partial charge in [0.15, 0.2) is 5.43 Å². The zero-order valence-corrected chi connectivity index (χ0v) is 19.9. The summed E-state index contributed by atoms with van der Waals surface area (Å²) in [5.74, 6) is 0.418. The molecule has 0 spiro atoms. The second kappa shape index (κ2) is 9.38. The van der Waals surface area contributed by atoms with Gasteiger partial charge in [-0.2, -0.15) is 0 Å². The Hall–Kier alpha value is -3.52. The van der Waals surface area contributed by atoms with Crippen molar-refractivity contribution in [2.24, 2.45) is 0 Å². The van der Waals surface area contributed by atoms with Crippen LogP contribution in [0.5, 0.6) is 5.75 Å². The van der Waals surface area contributed by atoms with Crippen molar-refractivity contribution in [1.29, 1.82) is 0 Å². The Bertz CT molecular complexity index is 1390. The maximum absolute atomic E-state index is 13.5. The first-order valence-electron chi connectivity index (χ1n) is 11.5. The second-order valence-electron chi connectivity index (χ2n) is 8.33. The number of fused-ring (bicyclic) bond motifs is 2. The summed E-state index contributed by atoms with van der Waals surface area (Å²) in [6, 6.07) is 13.9. The maximum atomic E-state index is 13.5. The van der Waals surface area contributed by atoms with Crippen LogP contribution < -0.4 is 15.1 Å². The van der Waals surface area contributed by atoms with Crippen LogP contribution in [0.25, 0.3) is 11.0 Å². The number of nitrogens with zero attached hydrogens (tertiary/aromatic N) is 3. The molecule has 2 aromatic carbocycles. The lowest BCUT2D eigenvalue weighted by Crippen LogP contribution is -2.29. The summed E-state index contributed by atoms with van der Waals surface area (Å²) in [7, 11) is 0. The molecule has 0 saturated carbocycles. The van der Waals surface area contributed by atoms with Crippen LogP contribution in [-0.4, -0.2) is 22.7 Å². The van der Waals surface area contributed by atoms with E-state index in [4.69, 9.17) is 9.15 Å². The van der Waals surface area contributed by atoms with Crippen LogP contribution in [-0.2, 0) is 0 Å². The Kier molecular flexibility index (Phi) is 6.15. The molecule has 174 valence electrons. The molecule has 0 unspecified atom stereocenters. The molecule has 0 aliphatic carbocycles. The molecular formula is C26H25N3O4S. The topological polar surface area (TPSA) is 85.5 Å². The average Bonchev–Trinajstić information content (AvgIpc) is 3.40. The molecule has 2 aromatic heterocycles. The number of rotatable bonds is 8. The lowest BCUT2D eigenvalue weighted by Gasteiger charge is -2.22. The third-order valence-corrected chi connectivity index (χ3v) is 6.80. The van der Waals surface area contributed by atoms with Gasteiger partial charge in [-0.3, -0.25) is 14.5 Å². The molecule has 5 rings (SSSR count). The lowest BCUT2D eigenvalue weighted by molar-refractivity contribution is 0.0970. The number of ether oxygens (including phenoxy) is 1. The van der Waals surface area contributed by atoms with E-state index in [0.717, 1.165) is 29.2 Å². The summed E-state index contributed by atoms with van der Waals surface area (Å²) in [5, 5.41) is 9.88. The molecule has 0 radical (unpaired) electrons. The van der Waals surface area contributed by atoms with Crippen LogP contribution in [0.2, 0.25) is 0 Å². The van der Waals surface area contributed by atoms with Gasteiger partial charge in [0, 0.05) is 0 Å². The third-order valence-electron chi connectivity index (χ3n) is 5.96. The molecule has 1 amide bonds. The number of carbonyl (C=O) groups excluding carboxylic acids is 1. The smallest absolute Gasteiger partial charge is 0.297 e. The molecule has 1 aliphatic rings. The van der Waals surface area contributed by atoms with Gasteiger partial charge in [0.25, 0.3) is 5.91 Å². The van der Waals surface area contributed by atoms with Crippen LogP contribution in [0.1, 0.15) is 65.3 Å². The van der Waals surface area contributed by atoms with Gasteiger partial charge < -0.3 is 9.15 Å². The predicted molar refractivity (Wildman–Crippen MR) is 132 cm³/mol. The van der Waals surface area contributed by atoms with Gasteiger partial charge >= 0.3 is 0 Å². The Morgan fingerprint density at radius 2 is 1.82 bits per heavy atom. The number of carbonyl (C=O) groups is 1. The number of aryl methyl sites for hydroxylation is 1. The van der Waals surface area contributed by atoms with Crippen LogP contribution >= 0.6 is 11.3 Å². The molecule has 0 saturated heterocycles. The molecule has 8 heteroatoms. The summed E-state index contributed by atoms with van der Waals surface area (Å²) >= 11 is 1.30. The zero-order chi connectivity index (χ0) is 23.7. The van der Waals surface area contributed by atoms with E-state index in [1.54, 1.807) is 24.3 Å². The van der Waals surface area contributed by atoms with Crippen LogP contribution in [0.4, 0.5) is 5.13 Å². The van der Waals surface area contributed by atoms with Crippen molar-refractivity contribution in [3.05, 3.63) is 80.6 Å². The summed E-state index contributed by atoms with van der Waals surface area (Å²) < 4.78 is 11.8. The highest BCUT2D eigenvalue weighted by Gasteiger charge is 2.45. The molecule has 7 nitrogen and oxygen atoms in total. The molecule has 0 fully saturated rings. The Morgan fingerprint density at radius 3 is 2.56 bits per heavy atom. The first-order chi connectivity index (χ1) is 16.6. The van der Waals surface area contributed by atoms with Gasteiger partial charge in [0.1, 0.15) is 16.3 Å². The standard InChI is InChI=1S/C26H25N3O4S/c1-3-4-5-8-15-32-18-13-11-17(12-14-18)22-21-23(30)19-9-6-7-10-20(19)33-24(21)25(31)29(22)26-28-27-16(2)34-26/h6-7,9-14,22H,3-5,8,15H2,1-2H3/t22-/m1/s1. The molecular weight excluding hydrogens is 450 g/mol. The molecule has 34 heavy (non-hydrogen) atoms. The average molecular weight is 476 g/mol. The Balaban J connectivity index is 1.54. The highest BCUT2D eigenvalue weighted by molar-refractivity contribution is 7.15. The normalized spacial score (nSPS) is 15.2. The largest absolute Gasteiger partial charge is 0.494 e. The van der Waals surface area contributed by atoms with E-state index in [-0.39, 0.29) is 11.2 Å². The summed E-state index contributed by atoms with van der Waals surface area (Å²) in [5.41, 5.74) is 1.28. The van der Waals surface area contributed by atoms with Crippen molar-refractivity contribution in [2.75, 3.05) is 11.5 Å². The Labute approximate surface area is 201 Å². The van der Waals surface area contributed by atoms with E-state index in [9.17, 15) is 9.59 Å². The first kappa shape index (κ1) is 22.3. The fraction of sp³-hybridized carbons (Fsp3) is 0.308. The number of amides is 1. The van der Waals surface area contributed by atoms with Gasteiger partial charge in [-0.25, -0.2) is 0 Å². The number of para-hydroxylation sites is 1. The molecule has 1 atom stereocenters. The fourth-order valence-corrected chi connectivity index (χ4v) is 5.00. The fourth-order valence-electron chi connectivity index (χ4n) is 4.28. The highest BCUT2D eigenvalue weighted by Crippen LogP contribution is 2.42. The molecule has 4 aromatic rings. The van der Waals surface area contributed by atoms with Crippen LogP contribution in [0.15, 0.2) is 57.7 Å². The van der Waals surface area contributed by atoms with Crippen molar-refractivity contribution in [1.82, 2.24) is 10.2 Å². The second-order valence-corrected chi connectivity index (χ2v) is 9.49. The predicted octanol–water partition coefficient (Wildman–Crippen LogP) is 5.66. The minimum absolute atomic E-state index is 0.0535.